The SMILES string of the molecule is CCC1CCCCN1CCCNS(=O)(=O)c1ccc(OC)c(C(=O)N2CCOCC2)c1. The molecule has 2 heterocycles. The maximum absolute atomic E-state index is 12.9. The van der Waals surface area contributed by atoms with Crippen molar-refractivity contribution in [1.29, 1.82) is 0 Å². The predicted octanol–water partition coefficient (Wildman–Crippen LogP) is 2.10. The van der Waals surface area contributed by atoms with Gasteiger partial charge < -0.3 is 19.3 Å². The molecule has 31 heavy (non-hydrogen) atoms. The van der Waals surface area contributed by atoms with Crippen LogP contribution in [0.5, 0.6) is 5.75 Å². The Balaban J connectivity index is 1.63. The zero-order valence-electron chi connectivity index (χ0n) is 18.6. The van der Waals surface area contributed by atoms with Crippen molar-refractivity contribution in [2.75, 3.05) is 53.0 Å². The Morgan fingerprint density at radius 2 is 2.00 bits per heavy atom. The summed E-state index contributed by atoms with van der Waals surface area (Å²) in [6.45, 7) is 6.48. The molecule has 0 aliphatic carbocycles. The Morgan fingerprint density at radius 3 is 2.71 bits per heavy atom. The minimum absolute atomic E-state index is 0.0781. The summed E-state index contributed by atoms with van der Waals surface area (Å²) in [5.74, 6) is 0.124. The molecule has 8 nitrogen and oxygen atoms in total. The number of amides is 1. The number of carbonyl (C=O) groups excluding carboxylic acids is 1. The Bertz CT molecular complexity index is 840. The van der Waals surface area contributed by atoms with Crippen LogP contribution in [0.3, 0.4) is 0 Å². The van der Waals surface area contributed by atoms with Gasteiger partial charge in [-0.05, 0) is 57.0 Å². The Morgan fingerprint density at radius 1 is 1.23 bits per heavy atom. The molecule has 3 rings (SSSR count). The number of nitrogens with zero attached hydrogens (tertiary/aromatic N) is 2. The van der Waals surface area contributed by atoms with Crippen molar-refractivity contribution in [1.82, 2.24) is 14.5 Å². The van der Waals surface area contributed by atoms with Crippen LogP contribution in [0.1, 0.15) is 49.4 Å². The standard InChI is InChI=1S/C22H35N3O5S/c1-3-18-7-4-5-11-24(18)12-6-10-23-31(27,28)19-8-9-21(29-2)20(17-19)22(26)25-13-15-30-16-14-25/h8-9,17-18,23H,3-7,10-16H2,1-2H3. The molecule has 1 unspecified atom stereocenters. The number of nitrogens with one attached hydrogen (secondary N) is 1. The van der Waals surface area contributed by atoms with E-state index >= 15 is 0 Å². The number of hydrogen-bond donors (Lipinski definition) is 1. The third kappa shape index (κ3) is 6.19. The quantitative estimate of drug-likeness (QED) is 0.576. The number of benzene rings is 1. The lowest BCUT2D eigenvalue weighted by atomic mass is 10.00. The van der Waals surface area contributed by atoms with E-state index in [1.54, 1.807) is 11.0 Å². The first-order valence-electron chi connectivity index (χ1n) is 11.2. The molecule has 0 saturated carbocycles. The van der Waals surface area contributed by atoms with E-state index in [0.717, 1.165) is 25.9 Å². The lowest BCUT2D eigenvalue weighted by Crippen LogP contribution is -2.41. The van der Waals surface area contributed by atoms with Gasteiger partial charge in [-0.15, -0.1) is 0 Å². The van der Waals surface area contributed by atoms with Gasteiger partial charge in [0.25, 0.3) is 5.91 Å². The summed E-state index contributed by atoms with van der Waals surface area (Å²) in [6.07, 6.45) is 5.62. The molecule has 1 N–H and O–H groups in total. The molecule has 1 aromatic rings. The van der Waals surface area contributed by atoms with Crippen LogP contribution in [0.2, 0.25) is 0 Å². The van der Waals surface area contributed by atoms with E-state index < -0.39 is 10.0 Å². The van der Waals surface area contributed by atoms with Crippen LogP contribution in [0, 0.1) is 0 Å². The van der Waals surface area contributed by atoms with E-state index in [1.807, 2.05) is 0 Å². The second-order valence-corrected chi connectivity index (χ2v) is 9.88. The number of carbonyl (C=O) groups is 1. The first kappa shape index (κ1) is 24.0. The fourth-order valence-electron chi connectivity index (χ4n) is 4.35. The smallest absolute Gasteiger partial charge is 0.257 e. The number of hydrogen-bond acceptors (Lipinski definition) is 6. The van der Waals surface area contributed by atoms with Gasteiger partial charge in [0.15, 0.2) is 0 Å². The first-order chi connectivity index (χ1) is 15.0. The fourth-order valence-corrected chi connectivity index (χ4v) is 5.45. The summed E-state index contributed by atoms with van der Waals surface area (Å²) in [7, 11) is -2.24. The van der Waals surface area contributed by atoms with E-state index in [4.69, 9.17) is 9.47 Å². The van der Waals surface area contributed by atoms with Gasteiger partial charge in [0.05, 0.1) is 30.8 Å². The molecule has 2 aliphatic heterocycles. The van der Waals surface area contributed by atoms with Crippen LogP contribution in [0.15, 0.2) is 23.1 Å². The van der Waals surface area contributed by atoms with Crippen molar-refractivity contribution in [3.8, 4) is 5.75 Å². The molecule has 0 spiro atoms. The lowest BCUT2D eigenvalue weighted by Gasteiger charge is -2.35. The van der Waals surface area contributed by atoms with Crippen molar-refractivity contribution in [3.05, 3.63) is 23.8 Å². The highest BCUT2D eigenvalue weighted by Gasteiger charge is 2.25. The molecule has 1 aromatic carbocycles. The van der Waals surface area contributed by atoms with Crippen LogP contribution < -0.4 is 9.46 Å². The van der Waals surface area contributed by atoms with Crippen LogP contribution in [0.4, 0.5) is 0 Å². The highest BCUT2D eigenvalue weighted by atomic mass is 32.2. The van der Waals surface area contributed by atoms with Crippen molar-refractivity contribution in [2.24, 2.45) is 0 Å². The van der Waals surface area contributed by atoms with E-state index in [2.05, 4.69) is 16.5 Å². The lowest BCUT2D eigenvalue weighted by molar-refractivity contribution is 0.0300. The number of sulfonamides is 1. The minimum atomic E-state index is -3.71. The number of morpholine rings is 1. The highest BCUT2D eigenvalue weighted by Crippen LogP contribution is 2.24. The third-order valence-electron chi connectivity index (χ3n) is 6.14. The Kier molecular flexibility index (Phi) is 8.71. The van der Waals surface area contributed by atoms with E-state index in [-0.39, 0.29) is 16.4 Å². The first-order valence-corrected chi connectivity index (χ1v) is 12.7. The molecule has 0 bridgehead atoms. The molecule has 2 saturated heterocycles. The molecule has 9 heteroatoms. The number of ether oxygens (including phenoxy) is 2. The molecular formula is C22H35N3O5S. The normalized spacial score (nSPS) is 20.6. The monoisotopic (exact) mass is 453 g/mol. The molecule has 0 radical (unpaired) electrons. The summed E-state index contributed by atoms with van der Waals surface area (Å²) >= 11 is 0. The number of rotatable bonds is 9. The van der Waals surface area contributed by atoms with Gasteiger partial charge in [0.2, 0.25) is 10.0 Å². The molecular weight excluding hydrogens is 418 g/mol. The van der Waals surface area contributed by atoms with E-state index in [0.29, 0.717) is 44.6 Å². The van der Waals surface area contributed by atoms with Crippen molar-refractivity contribution in [3.63, 3.8) is 0 Å². The molecule has 2 fully saturated rings. The summed E-state index contributed by atoms with van der Waals surface area (Å²) in [5, 5.41) is 0. The van der Waals surface area contributed by atoms with Crippen LogP contribution >= 0.6 is 0 Å². The number of piperidine rings is 1. The van der Waals surface area contributed by atoms with Gasteiger partial charge in [-0.3, -0.25) is 4.79 Å². The largest absolute Gasteiger partial charge is 0.496 e. The van der Waals surface area contributed by atoms with Gasteiger partial charge in [0.1, 0.15) is 5.75 Å². The third-order valence-corrected chi connectivity index (χ3v) is 7.60. The van der Waals surface area contributed by atoms with Crippen molar-refractivity contribution < 1.29 is 22.7 Å². The topological polar surface area (TPSA) is 88.2 Å². The molecule has 2 aliphatic rings. The maximum atomic E-state index is 12.9. The molecule has 0 aromatic heterocycles. The van der Waals surface area contributed by atoms with Crippen molar-refractivity contribution in [2.45, 2.75) is 50.0 Å². The van der Waals surface area contributed by atoms with E-state index in [9.17, 15) is 13.2 Å². The number of methoxy groups -OCH3 is 1. The average molecular weight is 454 g/mol. The molecule has 1 amide bonds. The van der Waals surface area contributed by atoms with Gasteiger partial charge in [-0.25, -0.2) is 13.1 Å². The summed E-state index contributed by atoms with van der Waals surface area (Å²) in [5.41, 5.74) is 0.256. The highest BCUT2D eigenvalue weighted by molar-refractivity contribution is 7.89. The Hall–Kier alpha value is -1.68. The number of likely N-dealkylation sites (tertiary alicyclic amines) is 1. The van der Waals surface area contributed by atoms with Crippen LogP contribution in [-0.2, 0) is 14.8 Å². The maximum Gasteiger partial charge on any atom is 0.257 e. The van der Waals surface area contributed by atoms with Crippen LogP contribution in [-0.4, -0.2) is 83.2 Å². The van der Waals surface area contributed by atoms with Gasteiger partial charge in [-0.1, -0.05) is 13.3 Å². The zero-order chi connectivity index (χ0) is 22.3. The summed E-state index contributed by atoms with van der Waals surface area (Å²) in [4.78, 5) is 17.1. The van der Waals surface area contributed by atoms with Gasteiger partial charge in [-0.2, -0.15) is 0 Å². The molecule has 174 valence electrons. The summed E-state index contributed by atoms with van der Waals surface area (Å²) in [6, 6.07) is 5.05. The minimum Gasteiger partial charge on any atom is -0.496 e. The molecule has 1 atom stereocenters. The van der Waals surface area contributed by atoms with Crippen molar-refractivity contribution >= 4 is 15.9 Å². The fraction of sp³-hybridized carbons (Fsp3) is 0.682. The second-order valence-electron chi connectivity index (χ2n) is 8.11. The van der Waals surface area contributed by atoms with Gasteiger partial charge in [0, 0.05) is 25.7 Å². The predicted molar refractivity (Wildman–Crippen MR) is 119 cm³/mol. The Labute approximate surface area is 185 Å². The summed E-state index contributed by atoms with van der Waals surface area (Å²) < 4.78 is 39.0. The second kappa shape index (κ2) is 11.3. The van der Waals surface area contributed by atoms with E-state index in [1.165, 1.54) is 38.5 Å². The average Bonchev–Trinajstić information content (AvgIpc) is 2.81. The zero-order valence-corrected chi connectivity index (χ0v) is 19.5. The van der Waals surface area contributed by atoms with Crippen LogP contribution in [0.25, 0.3) is 0 Å². The van der Waals surface area contributed by atoms with Gasteiger partial charge >= 0.3 is 0 Å².